The third-order valence-electron chi connectivity index (χ3n) is 4.54. The molecular formula is C21H24ClN3O4. The van der Waals surface area contributed by atoms with Crippen molar-refractivity contribution in [2.75, 3.05) is 18.5 Å². The number of H-pyrrole nitrogens is 1. The Morgan fingerprint density at radius 2 is 1.83 bits per heavy atom. The molecule has 3 rings (SSSR count). The Morgan fingerprint density at radius 3 is 2.48 bits per heavy atom. The molecule has 2 aromatic carbocycles. The number of rotatable bonds is 7. The molecule has 1 amide bonds. The Labute approximate surface area is 174 Å². The number of aromatic amines is 1. The van der Waals surface area contributed by atoms with E-state index in [1.54, 1.807) is 12.1 Å². The molecule has 0 radical (unpaired) electrons. The molecule has 0 fully saturated rings. The smallest absolute Gasteiger partial charge is 0.248 e. The van der Waals surface area contributed by atoms with Gasteiger partial charge in [-0.2, -0.15) is 0 Å². The minimum absolute atomic E-state index is 0. The van der Waals surface area contributed by atoms with Gasteiger partial charge in [0.15, 0.2) is 0 Å². The second-order valence-corrected chi connectivity index (χ2v) is 6.60. The van der Waals surface area contributed by atoms with Gasteiger partial charge in [-0.25, -0.2) is 0 Å². The van der Waals surface area contributed by atoms with Crippen molar-refractivity contribution in [3.63, 3.8) is 0 Å². The number of aromatic hydroxyl groups is 1. The van der Waals surface area contributed by atoms with Gasteiger partial charge in [0.25, 0.3) is 0 Å². The Morgan fingerprint density at radius 1 is 1.10 bits per heavy atom. The zero-order valence-corrected chi connectivity index (χ0v) is 16.8. The second-order valence-electron chi connectivity index (χ2n) is 6.60. The van der Waals surface area contributed by atoms with Gasteiger partial charge in [-0.15, -0.1) is 12.4 Å². The average molecular weight is 418 g/mol. The molecule has 29 heavy (non-hydrogen) atoms. The summed E-state index contributed by atoms with van der Waals surface area (Å²) in [6.07, 6.45) is 0.740. The van der Waals surface area contributed by atoms with Gasteiger partial charge < -0.3 is 25.8 Å². The van der Waals surface area contributed by atoms with Crippen LogP contribution in [0.2, 0.25) is 0 Å². The number of hydrogen-bond donors (Lipinski definition) is 5. The van der Waals surface area contributed by atoms with E-state index in [2.05, 4.69) is 15.6 Å². The van der Waals surface area contributed by atoms with Crippen molar-refractivity contribution in [2.24, 2.45) is 0 Å². The maximum absolute atomic E-state index is 11.5. The largest absolute Gasteiger partial charge is 0.506 e. The molecule has 1 atom stereocenters. The third kappa shape index (κ3) is 5.57. The summed E-state index contributed by atoms with van der Waals surface area (Å²) in [5.74, 6) is -0.116. The van der Waals surface area contributed by atoms with Gasteiger partial charge in [0.05, 0.1) is 18.2 Å². The summed E-state index contributed by atoms with van der Waals surface area (Å²) in [4.78, 5) is 25.2. The van der Waals surface area contributed by atoms with Crippen LogP contribution in [0.4, 0.5) is 5.69 Å². The van der Waals surface area contributed by atoms with Crippen LogP contribution in [0, 0.1) is 0 Å². The number of pyridine rings is 1. The molecule has 1 unspecified atom stereocenters. The summed E-state index contributed by atoms with van der Waals surface area (Å²) < 4.78 is 0. The molecular weight excluding hydrogens is 394 g/mol. The van der Waals surface area contributed by atoms with E-state index < -0.39 is 0 Å². The molecule has 5 N–H and O–H groups in total. The van der Waals surface area contributed by atoms with Gasteiger partial charge in [0, 0.05) is 24.1 Å². The van der Waals surface area contributed by atoms with E-state index in [1.165, 1.54) is 19.1 Å². The highest BCUT2D eigenvalue weighted by atomic mass is 35.5. The van der Waals surface area contributed by atoms with E-state index >= 15 is 0 Å². The summed E-state index contributed by atoms with van der Waals surface area (Å²) in [6, 6.07) is 13.6. The van der Waals surface area contributed by atoms with Crippen LogP contribution in [0.25, 0.3) is 10.9 Å². The first kappa shape index (κ1) is 22.4. The fraction of sp³-hybridized carbons (Fsp3) is 0.238. The van der Waals surface area contributed by atoms with E-state index in [0.717, 1.165) is 23.2 Å². The van der Waals surface area contributed by atoms with Crippen molar-refractivity contribution in [3.8, 4) is 5.75 Å². The zero-order valence-electron chi connectivity index (χ0n) is 15.9. The maximum Gasteiger partial charge on any atom is 0.248 e. The number of aliphatic hydroxyl groups excluding tert-OH is 1. The van der Waals surface area contributed by atoms with Gasteiger partial charge in [-0.05, 0) is 48.4 Å². The number of phenolic OH excluding ortho intramolecular Hbond substituents is 1. The maximum atomic E-state index is 11.5. The Balaban J connectivity index is 0.00000300. The molecule has 154 valence electrons. The number of hydrogen-bond acceptors (Lipinski definition) is 5. The minimum atomic E-state index is -0.340. The van der Waals surface area contributed by atoms with Crippen LogP contribution in [0.15, 0.2) is 53.3 Å². The number of carbonyl (C=O) groups is 1. The Kier molecular flexibility index (Phi) is 7.78. The van der Waals surface area contributed by atoms with Crippen molar-refractivity contribution in [3.05, 3.63) is 70.0 Å². The number of nitrogens with one attached hydrogen (secondary N) is 3. The van der Waals surface area contributed by atoms with Crippen LogP contribution >= 0.6 is 12.4 Å². The minimum Gasteiger partial charge on any atom is -0.506 e. The Bertz CT molecular complexity index is 1030. The highest BCUT2D eigenvalue weighted by Gasteiger charge is 2.15. The van der Waals surface area contributed by atoms with Crippen LogP contribution in [0.1, 0.15) is 24.1 Å². The molecule has 1 aromatic heterocycles. The lowest BCUT2D eigenvalue weighted by atomic mass is 10.0. The first-order valence-corrected chi connectivity index (χ1v) is 9.03. The first-order valence-electron chi connectivity index (χ1n) is 9.03. The quantitative estimate of drug-likeness (QED) is 0.405. The zero-order chi connectivity index (χ0) is 20.1. The number of benzene rings is 2. The van der Waals surface area contributed by atoms with Crippen LogP contribution in [-0.2, 0) is 11.2 Å². The predicted octanol–water partition coefficient (Wildman–Crippen LogP) is 2.48. The van der Waals surface area contributed by atoms with E-state index in [9.17, 15) is 19.8 Å². The molecule has 0 aliphatic heterocycles. The first-order chi connectivity index (χ1) is 13.5. The fourth-order valence-electron chi connectivity index (χ4n) is 3.18. The number of aliphatic hydroxyl groups is 1. The molecule has 1 heterocycles. The number of phenols is 1. The van der Waals surface area contributed by atoms with E-state index in [0.29, 0.717) is 17.4 Å². The van der Waals surface area contributed by atoms with Crippen LogP contribution in [0.3, 0.4) is 0 Å². The normalized spacial score (nSPS) is 11.7. The van der Waals surface area contributed by atoms with Crippen molar-refractivity contribution in [1.82, 2.24) is 10.3 Å². The fourth-order valence-corrected chi connectivity index (χ4v) is 3.18. The van der Waals surface area contributed by atoms with E-state index in [4.69, 9.17) is 0 Å². The molecule has 0 aliphatic carbocycles. The number of anilines is 1. The third-order valence-corrected chi connectivity index (χ3v) is 4.54. The van der Waals surface area contributed by atoms with Crippen molar-refractivity contribution >= 4 is 34.9 Å². The Hall–Kier alpha value is -2.87. The van der Waals surface area contributed by atoms with Crippen LogP contribution in [-0.4, -0.2) is 34.3 Å². The predicted molar refractivity (Wildman–Crippen MR) is 116 cm³/mol. The number of amides is 1. The van der Waals surface area contributed by atoms with Gasteiger partial charge in [-0.3, -0.25) is 9.59 Å². The SMILES string of the molecule is CC(=O)Nc1ccc(CCNC(CO)c2ccc(O)c3[nH]c(=O)ccc23)cc1.Cl. The number of fused-ring (bicyclic) bond motifs is 1. The average Bonchev–Trinajstić information content (AvgIpc) is 2.67. The van der Waals surface area contributed by atoms with E-state index in [-0.39, 0.29) is 42.3 Å². The van der Waals surface area contributed by atoms with Gasteiger partial charge >= 0.3 is 0 Å². The molecule has 8 heteroatoms. The van der Waals surface area contributed by atoms with Crippen LogP contribution in [0.5, 0.6) is 5.75 Å². The van der Waals surface area contributed by atoms with Crippen LogP contribution < -0.4 is 16.2 Å². The molecule has 0 saturated carbocycles. The molecule has 7 nitrogen and oxygen atoms in total. The number of aromatic nitrogens is 1. The summed E-state index contributed by atoms with van der Waals surface area (Å²) in [6.45, 7) is 1.96. The van der Waals surface area contributed by atoms with Crippen molar-refractivity contribution in [2.45, 2.75) is 19.4 Å². The molecule has 0 saturated heterocycles. The molecule has 0 aliphatic rings. The molecule has 3 aromatic rings. The summed E-state index contributed by atoms with van der Waals surface area (Å²) in [5, 5.41) is 26.6. The summed E-state index contributed by atoms with van der Waals surface area (Å²) in [5.41, 5.74) is 2.71. The summed E-state index contributed by atoms with van der Waals surface area (Å²) >= 11 is 0. The van der Waals surface area contributed by atoms with Gasteiger partial charge in [-0.1, -0.05) is 18.2 Å². The molecule has 0 spiro atoms. The monoisotopic (exact) mass is 417 g/mol. The topological polar surface area (TPSA) is 114 Å². The standard InChI is InChI=1S/C21H23N3O4.ClH/c1-13(26)23-15-4-2-14(3-5-15)10-11-22-18(12-25)16-6-8-19(27)21-17(16)7-9-20(28)24-21;/h2-9,18,22,25,27H,10-12H2,1H3,(H,23,26)(H,24,28);1H. The lowest BCUT2D eigenvalue weighted by molar-refractivity contribution is -0.114. The van der Waals surface area contributed by atoms with Gasteiger partial charge in [0.2, 0.25) is 11.5 Å². The molecule has 0 bridgehead atoms. The lowest BCUT2D eigenvalue weighted by Crippen LogP contribution is -2.27. The highest BCUT2D eigenvalue weighted by molar-refractivity contribution is 5.88. The van der Waals surface area contributed by atoms with Crippen molar-refractivity contribution < 1.29 is 15.0 Å². The highest BCUT2D eigenvalue weighted by Crippen LogP contribution is 2.28. The second kappa shape index (κ2) is 10.1. The number of halogens is 1. The van der Waals surface area contributed by atoms with E-state index in [1.807, 2.05) is 24.3 Å². The lowest BCUT2D eigenvalue weighted by Gasteiger charge is -2.19. The number of carbonyl (C=O) groups excluding carboxylic acids is 1. The summed E-state index contributed by atoms with van der Waals surface area (Å²) in [7, 11) is 0. The van der Waals surface area contributed by atoms with Crippen molar-refractivity contribution in [1.29, 1.82) is 0 Å². The van der Waals surface area contributed by atoms with Gasteiger partial charge in [0.1, 0.15) is 5.75 Å².